The molecule has 0 aliphatic heterocycles. The van der Waals surface area contributed by atoms with Crippen LogP contribution in [0.15, 0.2) is 59.7 Å². The summed E-state index contributed by atoms with van der Waals surface area (Å²) in [4.78, 5) is 23.6. The van der Waals surface area contributed by atoms with Gasteiger partial charge in [0, 0.05) is 5.56 Å². The number of carbonyl (C=O) groups is 2. The number of aromatic hydroxyl groups is 1. The van der Waals surface area contributed by atoms with Gasteiger partial charge in [-0.1, -0.05) is 41.7 Å². The van der Waals surface area contributed by atoms with Crippen LogP contribution in [0.1, 0.15) is 5.56 Å². The Kier molecular flexibility index (Phi) is 5.30. The molecule has 0 saturated heterocycles. The van der Waals surface area contributed by atoms with Gasteiger partial charge in [-0.2, -0.15) is 5.10 Å². The second kappa shape index (κ2) is 7.99. The van der Waals surface area contributed by atoms with Gasteiger partial charge in [0.15, 0.2) is 0 Å². The van der Waals surface area contributed by atoms with E-state index in [9.17, 15) is 14.7 Å². The second-order valence-corrected chi connectivity index (χ2v) is 6.00. The highest BCUT2D eigenvalue weighted by molar-refractivity contribution is 7.18. The van der Waals surface area contributed by atoms with Crippen molar-refractivity contribution in [3.8, 4) is 16.3 Å². The maximum Gasteiger partial charge on any atom is 0.329 e. The van der Waals surface area contributed by atoms with Crippen LogP contribution >= 0.6 is 11.3 Å². The molecule has 0 spiro atoms. The molecule has 9 heteroatoms. The number of hydrazone groups is 1. The summed E-state index contributed by atoms with van der Waals surface area (Å²) in [7, 11) is 0. The Balaban J connectivity index is 1.55. The normalized spacial score (nSPS) is 10.6. The number of carbonyl (C=O) groups excluding carboxylic acids is 2. The lowest BCUT2D eigenvalue weighted by atomic mass is 10.2. The Morgan fingerprint density at radius 2 is 1.73 bits per heavy atom. The summed E-state index contributed by atoms with van der Waals surface area (Å²) in [6, 6.07) is 15.5. The van der Waals surface area contributed by atoms with Crippen molar-refractivity contribution in [3.05, 3.63) is 60.2 Å². The topological polar surface area (TPSA) is 117 Å². The molecule has 130 valence electrons. The van der Waals surface area contributed by atoms with Crippen molar-refractivity contribution < 1.29 is 14.7 Å². The van der Waals surface area contributed by atoms with E-state index in [1.807, 2.05) is 30.3 Å². The molecule has 1 aromatic heterocycles. The number of anilines is 1. The average Bonchev–Trinajstić information content (AvgIpc) is 3.12. The Hall–Kier alpha value is -3.59. The number of hydrogen-bond donors (Lipinski definition) is 3. The fourth-order valence-electron chi connectivity index (χ4n) is 1.90. The van der Waals surface area contributed by atoms with Gasteiger partial charge >= 0.3 is 11.8 Å². The van der Waals surface area contributed by atoms with E-state index in [-0.39, 0.29) is 10.9 Å². The van der Waals surface area contributed by atoms with E-state index < -0.39 is 11.8 Å². The van der Waals surface area contributed by atoms with Crippen LogP contribution in [0.2, 0.25) is 0 Å². The molecule has 3 rings (SSSR count). The summed E-state index contributed by atoms with van der Waals surface area (Å²) < 4.78 is 0. The SMILES string of the molecule is O=C(N/N=C\c1ccc(O)cc1)C(=O)Nc1nnc(-c2ccccc2)s1. The molecule has 0 unspecified atom stereocenters. The molecule has 0 atom stereocenters. The highest BCUT2D eigenvalue weighted by Gasteiger charge is 2.16. The van der Waals surface area contributed by atoms with Gasteiger partial charge in [-0.3, -0.25) is 14.9 Å². The molecule has 3 N–H and O–H groups in total. The summed E-state index contributed by atoms with van der Waals surface area (Å²) in [5.41, 5.74) is 3.64. The van der Waals surface area contributed by atoms with Crippen molar-refractivity contribution in [2.45, 2.75) is 0 Å². The van der Waals surface area contributed by atoms with Gasteiger partial charge in [-0.15, -0.1) is 10.2 Å². The Labute approximate surface area is 152 Å². The summed E-state index contributed by atoms with van der Waals surface area (Å²) in [5, 5.41) is 23.9. The average molecular weight is 367 g/mol. The third-order valence-corrected chi connectivity index (χ3v) is 4.03. The lowest BCUT2D eigenvalue weighted by Gasteiger charge is -1.99. The number of amides is 2. The minimum Gasteiger partial charge on any atom is -0.508 e. The van der Waals surface area contributed by atoms with E-state index in [2.05, 4.69) is 26.0 Å². The van der Waals surface area contributed by atoms with Gasteiger partial charge in [-0.05, 0) is 29.8 Å². The molecule has 0 aliphatic carbocycles. The summed E-state index contributed by atoms with van der Waals surface area (Å²) in [5.74, 6) is -1.71. The largest absolute Gasteiger partial charge is 0.508 e. The first-order valence-corrected chi connectivity index (χ1v) is 8.26. The zero-order valence-electron chi connectivity index (χ0n) is 13.3. The van der Waals surface area contributed by atoms with E-state index >= 15 is 0 Å². The molecule has 0 aliphatic rings. The third-order valence-electron chi connectivity index (χ3n) is 3.15. The van der Waals surface area contributed by atoms with Crippen molar-refractivity contribution in [3.63, 3.8) is 0 Å². The van der Waals surface area contributed by atoms with Crippen molar-refractivity contribution in [2.75, 3.05) is 5.32 Å². The van der Waals surface area contributed by atoms with Gasteiger partial charge in [0.1, 0.15) is 10.8 Å². The van der Waals surface area contributed by atoms with Crippen molar-refractivity contribution in [1.82, 2.24) is 15.6 Å². The van der Waals surface area contributed by atoms with Gasteiger partial charge < -0.3 is 5.11 Å². The molecule has 0 fully saturated rings. The van der Waals surface area contributed by atoms with Crippen LogP contribution in [0, 0.1) is 0 Å². The van der Waals surface area contributed by atoms with Gasteiger partial charge in [-0.25, -0.2) is 5.43 Å². The molecular formula is C17H13N5O3S. The monoisotopic (exact) mass is 367 g/mol. The molecule has 2 aromatic carbocycles. The van der Waals surface area contributed by atoms with Gasteiger partial charge in [0.05, 0.1) is 6.21 Å². The summed E-state index contributed by atoms with van der Waals surface area (Å²) in [6.07, 6.45) is 1.35. The molecule has 0 radical (unpaired) electrons. The van der Waals surface area contributed by atoms with Crippen molar-refractivity contribution >= 4 is 34.5 Å². The van der Waals surface area contributed by atoms with E-state index in [1.165, 1.54) is 18.3 Å². The first kappa shape index (κ1) is 17.2. The van der Waals surface area contributed by atoms with E-state index in [4.69, 9.17) is 0 Å². The number of phenols is 1. The molecule has 26 heavy (non-hydrogen) atoms. The van der Waals surface area contributed by atoms with Crippen LogP contribution in [-0.2, 0) is 9.59 Å². The van der Waals surface area contributed by atoms with E-state index in [0.29, 0.717) is 10.6 Å². The fraction of sp³-hybridized carbons (Fsp3) is 0. The standard InChI is InChI=1S/C17H13N5O3S/c23-13-8-6-11(7-9-13)10-18-20-15(25)14(24)19-17-22-21-16(26-17)12-4-2-1-3-5-12/h1-10,23H,(H,20,25)(H,19,22,24)/b18-10-. The minimum absolute atomic E-state index is 0.123. The number of benzene rings is 2. The molecule has 0 bridgehead atoms. The Bertz CT molecular complexity index is 939. The van der Waals surface area contributed by atoms with Gasteiger partial charge in [0.2, 0.25) is 5.13 Å². The third kappa shape index (κ3) is 4.48. The van der Waals surface area contributed by atoms with Crippen LogP contribution in [0.3, 0.4) is 0 Å². The van der Waals surface area contributed by atoms with Crippen molar-refractivity contribution in [1.29, 1.82) is 0 Å². The minimum atomic E-state index is -0.934. The smallest absolute Gasteiger partial charge is 0.329 e. The van der Waals surface area contributed by atoms with E-state index in [0.717, 1.165) is 16.9 Å². The number of phenolic OH excluding ortho intramolecular Hbond substituents is 1. The zero-order chi connectivity index (χ0) is 18.4. The molecule has 1 heterocycles. The summed E-state index contributed by atoms with van der Waals surface area (Å²) in [6.45, 7) is 0. The second-order valence-electron chi connectivity index (χ2n) is 5.02. The molecular weight excluding hydrogens is 354 g/mol. The molecule has 2 amide bonds. The van der Waals surface area contributed by atoms with Crippen molar-refractivity contribution in [2.24, 2.45) is 5.10 Å². The van der Waals surface area contributed by atoms with Crippen LogP contribution in [0.25, 0.3) is 10.6 Å². The number of rotatable bonds is 4. The van der Waals surface area contributed by atoms with Crippen LogP contribution < -0.4 is 10.7 Å². The highest BCUT2D eigenvalue weighted by atomic mass is 32.1. The zero-order valence-corrected chi connectivity index (χ0v) is 14.1. The quantitative estimate of drug-likeness (QED) is 0.370. The maximum absolute atomic E-state index is 11.9. The molecule has 0 saturated carbocycles. The predicted molar refractivity (Wildman–Crippen MR) is 97.8 cm³/mol. The predicted octanol–water partition coefficient (Wildman–Crippen LogP) is 2.00. The number of nitrogens with zero attached hydrogens (tertiary/aromatic N) is 3. The first-order valence-electron chi connectivity index (χ1n) is 7.44. The lowest BCUT2D eigenvalue weighted by molar-refractivity contribution is -0.136. The molecule has 3 aromatic rings. The Morgan fingerprint density at radius 3 is 2.46 bits per heavy atom. The van der Waals surface area contributed by atoms with Crippen LogP contribution in [-0.4, -0.2) is 33.3 Å². The Morgan fingerprint density at radius 1 is 1.00 bits per heavy atom. The molecule has 8 nitrogen and oxygen atoms in total. The fourth-order valence-corrected chi connectivity index (χ4v) is 2.65. The summed E-state index contributed by atoms with van der Waals surface area (Å²) >= 11 is 1.16. The first-order chi connectivity index (χ1) is 12.6. The number of nitrogens with one attached hydrogen (secondary N) is 2. The lowest BCUT2D eigenvalue weighted by Crippen LogP contribution is -2.32. The number of hydrogen-bond acceptors (Lipinski definition) is 7. The van der Waals surface area contributed by atoms with Crippen LogP contribution in [0.5, 0.6) is 5.75 Å². The van der Waals surface area contributed by atoms with E-state index in [1.54, 1.807) is 12.1 Å². The highest BCUT2D eigenvalue weighted by Crippen LogP contribution is 2.25. The maximum atomic E-state index is 11.9. The van der Waals surface area contributed by atoms with Gasteiger partial charge in [0.25, 0.3) is 0 Å². The number of aromatic nitrogens is 2. The van der Waals surface area contributed by atoms with Crippen LogP contribution in [0.4, 0.5) is 5.13 Å².